The maximum absolute atomic E-state index is 13.4. The minimum absolute atomic E-state index is 0.0386. The molecule has 1 heterocycles. The Kier molecular flexibility index (Phi) is 4.23. The Morgan fingerprint density at radius 1 is 1.37 bits per heavy atom. The molecule has 0 bridgehead atoms. The molecular weight excluding hydrogens is 267 g/mol. The average molecular weight is 286 g/mol. The Hall–Kier alpha value is -0.980. The summed E-state index contributed by atoms with van der Waals surface area (Å²) in [6, 6.07) is 4.74. The monoisotopic (exact) mass is 286 g/mol. The Bertz CT molecular complexity index is 560. The summed E-state index contributed by atoms with van der Waals surface area (Å²) >= 11 is 0. The van der Waals surface area contributed by atoms with Crippen molar-refractivity contribution >= 4 is 9.84 Å². The topological polar surface area (TPSA) is 63.4 Å². The molecule has 1 atom stereocenters. The van der Waals surface area contributed by atoms with E-state index in [9.17, 15) is 12.8 Å². The van der Waals surface area contributed by atoms with Gasteiger partial charge < -0.3 is 5.73 Å². The SMILES string of the molecule is CC1CS(=O)(=O)CCN1Cc1cc(F)cc(CN)c1. The Balaban J connectivity index is 2.11. The number of benzene rings is 1. The molecular formula is C13H19FN2O2S. The lowest BCUT2D eigenvalue weighted by atomic mass is 10.1. The molecule has 0 spiro atoms. The van der Waals surface area contributed by atoms with Crippen molar-refractivity contribution in [2.24, 2.45) is 5.73 Å². The van der Waals surface area contributed by atoms with E-state index in [1.165, 1.54) is 12.1 Å². The molecule has 4 nitrogen and oxygen atoms in total. The first-order chi connectivity index (χ1) is 8.89. The zero-order valence-corrected chi connectivity index (χ0v) is 11.8. The Morgan fingerprint density at radius 2 is 2.05 bits per heavy atom. The first kappa shape index (κ1) is 14.4. The molecule has 19 heavy (non-hydrogen) atoms. The lowest BCUT2D eigenvalue weighted by Gasteiger charge is -2.33. The van der Waals surface area contributed by atoms with Crippen molar-refractivity contribution in [2.75, 3.05) is 18.1 Å². The molecule has 1 aliphatic rings. The highest BCUT2D eigenvalue weighted by Crippen LogP contribution is 2.17. The van der Waals surface area contributed by atoms with Crippen LogP contribution in [-0.4, -0.2) is 37.4 Å². The summed E-state index contributed by atoms with van der Waals surface area (Å²) < 4.78 is 36.4. The van der Waals surface area contributed by atoms with Crippen LogP contribution in [0.25, 0.3) is 0 Å². The molecule has 6 heteroatoms. The highest BCUT2D eigenvalue weighted by atomic mass is 32.2. The minimum Gasteiger partial charge on any atom is -0.326 e. The largest absolute Gasteiger partial charge is 0.326 e. The van der Waals surface area contributed by atoms with Crippen molar-refractivity contribution in [3.05, 3.63) is 35.1 Å². The number of nitrogens with two attached hydrogens (primary N) is 1. The second kappa shape index (κ2) is 5.56. The number of nitrogens with zero attached hydrogens (tertiary/aromatic N) is 1. The number of rotatable bonds is 3. The summed E-state index contributed by atoms with van der Waals surface area (Å²) in [5.41, 5.74) is 7.12. The first-order valence-electron chi connectivity index (χ1n) is 6.32. The van der Waals surface area contributed by atoms with Gasteiger partial charge in [0.1, 0.15) is 5.82 Å². The molecule has 1 aliphatic heterocycles. The lowest BCUT2D eigenvalue weighted by molar-refractivity contribution is 0.218. The number of hydrogen-bond acceptors (Lipinski definition) is 4. The zero-order valence-electron chi connectivity index (χ0n) is 11.0. The van der Waals surface area contributed by atoms with E-state index in [-0.39, 0.29) is 23.4 Å². The zero-order chi connectivity index (χ0) is 14.0. The third-order valence-corrected chi connectivity index (χ3v) is 5.24. The van der Waals surface area contributed by atoms with Gasteiger partial charge in [-0.2, -0.15) is 0 Å². The van der Waals surface area contributed by atoms with Crippen LogP contribution in [0, 0.1) is 5.82 Å². The van der Waals surface area contributed by atoms with E-state index in [4.69, 9.17) is 5.73 Å². The van der Waals surface area contributed by atoms with Crippen LogP contribution >= 0.6 is 0 Å². The summed E-state index contributed by atoms with van der Waals surface area (Å²) in [6.07, 6.45) is 0. The van der Waals surface area contributed by atoms with Gasteiger partial charge in [0, 0.05) is 25.7 Å². The molecule has 1 fully saturated rings. The molecule has 2 N–H and O–H groups in total. The Morgan fingerprint density at radius 3 is 2.68 bits per heavy atom. The third kappa shape index (κ3) is 3.75. The van der Waals surface area contributed by atoms with Crippen LogP contribution in [0.4, 0.5) is 4.39 Å². The second-order valence-electron chi connectivity index (χ2n) is 5.11. The van der Waals surface area contributed by atoms with Crippen LogP contribution in [-0.2, 0) is 22.9 Å². The number of halogens is 1. The van der Waals surface area contributed by atoms with Gasteiger partial charge in [-0.05, 0) is 30.2 Å². The minimum atomic E-state index is -2.91. The van der Waals surface area contributed by atoms with Crippen molar-refractivity contribution in [3.63, 3.8) is 0 Å². The molecule has 0 aliphatic carbocycles. The molecule has 1 saturated heterocycles. The van der Waals surface area contributed by atoms with Crippen LogP contribution in [0.15, 0.2) is 18.2 Å². The number of hydrogen-bond donors (Lipinski definition) is 1. The summed E-state index contributed by atoms with van der Waals surface area (Å²) in [5, 5.41) is 0. The normalized spacial score (nSPS) is 23.4. The average Bonchev–Trinajstić information content (AvgIpc) is 2.31. The van der Waals surface area contributed by atoms with Crippen LogP contribution in [0.5, 0.6) is 0 Å². The quantitative estimate of drug-likeness (QED) is 0.897. The van der Waals surface area contributed by atoms with Crippen molar-refractivity contribution in [3.8, 4) is 0 Å². The van der Waals surface area contributed by atoms with Gasteiger partial charge in [0.2, 0.25) is 0 Å². The van der Waals surface area contributed by atoms with E-state index in [0.29, 0.717) is 19.6 Å². The van der Waals surface area contributed by atoms with E-state index in [1.54, 1.807) is 0 Å². The van der Waals surface area contributed by atoms with Crippen molar-refractivity contribution in [2.45, 2.75) is 26.1 Å². The van der Waals surface area contributed by atoms with E-state index in [1.807, 2.05) is 13.0 Å². The molecule has 2 rings (SSSR count). The fourth-order valence-corrected chi connectivity index (χ4v) is 4.05. The molecule has 0 saturated carbocycles. The predicted octanol–water partition coefficient (Wildman–Crippen LogP) is 0.903. The molecule has 0 amide bonds. The van der Waals surface area contributed by atoms with Crippen LogP contribution in [0.2, 0.25) is 0 Å². The fourth-order valence-electron chi connectivity index (χ4n) is 2.43. The summed E-state index contributed by atoms with van der Waals surface area (Å²) in [4.78, 5) is 2.07. The highest BCUT2D eigenvalue weighted by molar-refractivity contribution is 7.91. The maximum Gasteiger partial charge on any atom is 0.153 e. The van der Waals surface area contributed by atoms with Crippen LogP contribution in [0.3, 0.4) is 0 Å². The van der Waals surface area contributed by atoms with Gasteiger partial charge in [0.15, 0.2) is 9.84 Å². The van der Waals surface area contributed by atoms with Crippen molar-refractivity contribution < 1.29 is 12.8 Å². The lowest BCUT2D eigenvalue weighted by Crippen LogP contribution is -2.46. The summed E-state index contributed by atoms with van der Waals surface area (Å²) in [5.74, 6) is 0.0536. The summed E-state index contributed by atoms with van der Waals surface area (Å²) in [6.45, 7) is 3.24. The van der Waals surface area contributed by atoms with Crippen LogP contribution in [0.1, 0.15) is 18.1 Å². The highest BCUT2D eigenvalue weighted by Gasteiger charge is 2.27. The van der Waals surface area contributed by atoms with Gasteiger partial charge in [-0.1, -0.05) is 6.07 Å². The number of sulfone groups is 1. The van der Waals surface area contributed by atoms with E-state index >= 15 is 0 Å². The second-order valence-corrected chi connectivity index (χ2v) is 7.33. The van der Waals surface area contributed by atoms with E-state index in [2.05, 4.69) is 4.90 Å². The summed E-state index contributed by atoms with van der Waals surface area (Å²) in [7, 11) is -2.91. The standard InChI is InChI=1S/C13H19FN2O2S/c1-10-9-19(17,18)3-2-16(10)8-12-4-11(7-15)5-13(14)6-12/h4-6,10H,2-3,7-9,15H2,1H3. The smallest absolute Gasteiger partial charge is 0.153 e. The maximum atomic E-state index is 13.4. The van der Waals surface area contributed by atoms with Gasteiger partial charge in [-0.3, -0.25) is 4.90 Å². The molecule has 0 aromatic heterocycles. The molecule has 1 aromatic carbocycles. The van der Waals surface area contributed by atoms with E-state index in [0.717, 1.165) is 11.1 Å². The Labute approximate surface area is 113 Å². The van der Waals surface area contributed by atoms with Crippen molar-refractivity contribution in [1.29, 1.82) is 0 Å². The van der Waals surface area contributed by atoms with Gasteiger partial charge >= 0.3 is 0 Å². The van der Waals surface area contributed by atoms with Gasteiger partial charge in [-0.25, -0.2) is 12.8 Å². The van der Waals surface area contributed by atoms with Gasteiger partial charge in [-0.15, -0.1) is 0 Å². The van der Waals surface area contributed by atoms with E-state index < -0.39 is 9.84 Å². The molecule has 1 aromatic rings. The van der Waals surface area contributed by atoms with Crippen molar-refractivity contribution in [1.82, 2.24) is 4.90 Å². The molecule has 0 radical (unpaired) electrons. The third-order valence-electron chi connectivity index (χ3n) is 3.45. The fraction of sp³-hybridized carbons (Fsp3) is 0.538. The van der Waals surface area contributed by atoms with Crippen LogP contribution < -0.4 is 5.73 Å². The molecule has 1 unspecified atom stereocenters. The van der Waals surface area contributed by atoms with Gasteiger partial charge in [0.05, 0.1) is 11.5 Å². The predicted molar refractivity (Wildman–Crippen MR) is 72.8 cm³/mol. The molecule has 106 valence electrons. The van der Waals surface area contributed by atoms with Gasteiger partial charge in [0.25, 0.3) is 0 Å². The first-order valence-corrected chi connectivity index (χ1v) is 8.14.